The molecule has 2 heterocycles. The molecule has 1 saturated carbocycles. The van der Waals surface area contributed by atoms with E-state index in [0.717, 1.165) is 25.8 Å². The number of hydrogen-bond donors (Lipinski definition) is 4. The van der Waals surface area contributed by atoms with E-state index < -0.39 is 42.2 Å². The summed E-state index contributed by atoms with van der Waals surface area (Å²) in [7, 11) is 3.63. The maximum absolute atomic E-state index is 15.0. The van der Waals surface area contributed by atoms with Gasteiger partial charge < -0.3 is 10.4 Å². The van der Waals surface area contributed by atoms with E-state index in [1.807, 2.05) is 19.0 Å². The van der Waals surface area contributed by atoms with Crippen molar-refractivity contribution in [2.75, 3.05) is 20.7 Å². The Balaban J connectivity index is 1.70. The van der Waals surface area contributed by atoms with Crippen molar-refractivity contribution in [3.05, 3.63) is 35.1 Å². The predicted octanol–water partition coefficient (Wildman–Crippen LogP) is 1.08. The van der Waals surface area contributed by atoms with Gasteiger partial charge in [0.2, 0.25) is 5.91 Å². The van der Waals surface area contributed by atoms with Crippen LogP contribution in [-0.4, -0.2) is 60.1 Å². The first-order valence-electron chi connectivity index (χ1n) is 10.2. The molecule has 10 heteroatoms. The predicted molar refractivity (Wildman–Crippen MR) is 103 cm³/mol. The van der Waals surface area contributed by atoms with Crippen LogP contribution in [0.15, 0.2) is 18.2 Å². The summed E-state index contributed by atoms with van der Waals surface area (Å²) < 4.78 is 42.3. The minimum atomic E-state index is -3.13. The number of aliphatic hydroxyl groups excluding tert-OH is 1. The molecule has 166 valence electrons. The van der Waals surface area contributed by atoms with E-state index in [0.29, 0.717) is 5.56 Å². The molecule has 0 spiro atoms. The SMILES string of the molecule is CN(C)C1NC(=O)C2C(CO)NN(C(c3ccc(C(C)(F)F)cc3F)C3CC3)C2N1. The highest BCUT2D eigenvalue weighted by atomic mass is 19.3. The highest BCUT2D eigenvalue weighted by Gasteiger charge is 2.54. The minimum absolute atomic E-state index is 0.127. The van der Waals surface area contributed by atoms with Crippen LogP contribution >= 0.6 is 0 Å². The monoisotopic (exact) mass is 427 g/mol. The Morgan fingerprint density at radius 1 is 1.33 bits per heavy atom. The van der Waals surface area contributed by atoms with Crippen LogP contribution in [0.4, 0.5) is 13.2 Å². The first-order chi connectivity index (χ1) is 14.1. The van der Waals surface area contributed by atoms with Crippen molar-refractivity contribution >= 4 is 5.91 Å². The quantitative estimate of drug-likeness (QED) is 0.544. The van der Waals surface area contributed by atoms with Gasteiger partial charge in [0.1, 0.15) is 12.1 Å². The van der Waals surface area contributed by atoms with E-state index in [4.69, 9.17) is 0 Å². The number of hydrogen-bond acceptors (Lipinski definition) is 6. The van der Waals surface area contributed by atoms with Gasteiger partial charge in [0.25, 0.3) is 5.92 Å². The molecule has 0 bridgehead atoms. The van der Waals surface area contributed by atoms with Crippen molar-refractivity contribution in [2.45, 2.75) is 50.2 Å². The van der Waals surface area contributed by atoms with Crippen molar-refractivity contribution in [1.82, 2.24) is 26.0 Å². The molecule has 2 aliphatic heterocycles. The van der Waals surface area contributed by atoms with Crippen LogP contribution in [0.25, 0.3) is 0 Å². The van der Waals surface area contributed by atoms with Gasteiger partial charge in [-0.15, -0.1) is 0 Å². The minimum Gasteiger partial charge on any atom is -0.395 e. The van der Waals surface area contributed by atoms with Crippen LogP contribution in [0.5, 0.6) is 0 Å². The summed E-state index contributed by atoms with van der Waals surface area (Å²) in [5.41, 5.74) is 3.13. The summed E-state index contributed by atoms with van der Waals surface area (Å²) >= 11 is 0. The maximum atomic E-state index is 15.0. The van der Waals surface area contributed by atoms with E-state index >= 15 is 4.39 Å². The van der Waals surface area contributed by atoms with Crippen LogP contribution in [-0.2, 0) is 10.7 Å². The van der Waals surface area contributed by atoms with Crippen molar-refractivity contribution in [3.8, 4) is 0 Å². The molecule has 7 nitrogen and oxygen atoms in total. The average molecular weight is 427 g/mol. The Morgan fingerprint density at radius 2 is 2.03 bits per heavy atom. The van der Waals surface area contributed by atoms with Gasteiger partial charge in [-0.25, -0.2) is 23.6 Å². The summed E-state index contributed by atoms with van der Waals surface area (Å²) in [4.78, 5) is 14.6. The molecule has 3 fully saturated rings. The zero-order valence-corrected chi connectivity index (χ0v) is 17.2. The van der Waals surface area contributed by atoms with Crippen molar-refractivity contribution in [1.29, 1.82) is 0 Å². The fourth-order valence-electron chi connectivity index (χ4n) is 4.46. The molecule has 3 aliphatic rings. The second kappa shape index (κ2) is 7.76. The largest absolute Gasteiger partial charge is 0.395 e. The van der Waals surface area contributed by atoms with Gasteiger partial charge in [0.15, 0.2) is 0 Å². The molecule has 0 aromatic heterocycles. The van der Waals surface area contributed by atoms with Crippen molar-refractivity contribution in [2.24, 2.45) is 11.8 Å². The van der Waals surface area contributed by atoms with Crippen LogP contribution < -0.4 is 16.1 Å². The molecule has 4 N–H and O–H groups in total. The number of fused-ring (bicyclic) bond motifs is 1. The summed E-state index contributed by atoms with van der Waals surface area (Å²) in [5, 5.41) is 17.9. The highest BCUT2D eigenvalue weighted by Crippen LogP contribution is 2.48. The topological polar surface area (TPSA) is 79.9 Å². The number of nitrogens with one attached hydrogen (secondary N) is 3. The number of aliphatic hydroxyl groups is 1. The summed E-state index contributed by atoms with van der Waals surface area (Å²) in [5.74, 6) is -4.48. The first kappa shape index (κ1) is 21.5. The zero-order valence-electron chi connectivity index (χ0n) is 17.2. The Morgan fingerprint density at radius 3 is 2.57 bits per heavy atom. The molecule has 1 aromatic rings. The van der Waals surface area contributed by atoms with Gasteiger partial charge in [-0.05, 0) is 38.9 Å². The molecule has 4 rings (SSSR count). The molecule has 1 amide bonds. The maximum Gasteiger partial charge on any atom is 0.270 e. The van der Waals surface area contributed by atoms with Crippen LogP contribution in [0, 0.1) is 17.7 Å². The number of carbonyl (C=O) groups excluding carboxylic acids is 1. The molecule has 30 heavy (non-hydrogen) atoms. The lowest BCUT2D eigenvalue weighted by Crippen LogP contribution is -2.68. The molecule has 2 saturated heterocycles. The number of benzene rings is 1. The Kier molecular flexibility index (Phi) is 5.56. The Hall–Kier alpha value is -1.72. The normalized spacial score (nSPS) is 31.0. The van der Waals surface area contributed by atoms with Crippen molar-refractivity contribution in [3.63, 3.8) is 0 Å². The third kappa shape index (κ3) is 3.82. The van der Waals surface area contributed by atoms with Gasteiger partial charge in [0.05, 0.1) is 30.8 Å². The number of alkyl halides is 2. The van der Waals surface area contributed by atoms with E-state index in [-0.39, 0.29) is 24.0 Å². The van der Waals surface area contributed by atoms with Crippen LogP contribution in [0.2, 0.25) is 0 Å². The van der Waals surface area contributed by atoms with E-state index in [1.165, 1.54) is 12.1 Å². The Labute approximate surface area is 173 Å². The van der Waals surface area contributed by atoms with Gasteiger partial charge >= 0.3 is 0 Å². The number of carbonyl (C=O) groups is 1. The average Bonchev–Trinajstić information content (AvgIpc) is 3.43. The number of hydrazine groups is 1. The fraction of sp³-hybridized carbons (Fsp3) is 0.650. The molecule has 0 radical (unpaired) electrons. The lowest BCUT2D eigenvalue weighted by Gasteiger charge is -2.42. The summed E-state index contributed by atoms with van der Waals surface area (Å²) in [6.07, 6.45) is 0.837. The van der Waals surface area contributed by atoms with Gasteiger partial charge in [-0.1, -0.05) is 12.1 Å². The molecule has 5 atom stereocenters. The Bertz CT molecular complexity index is 814. The first-order valence-corrected chi connectivity index (χ1v) is 10.2. The fourth-order valence-corrected chi connectivity index (χ4v) is 4.46. The third-order valence-corrected chi connectivity index (χ3v) is 6.21. The van der Waals surface area contributed by atoms with Crippen molar-refractivity contribution < 1.29 is 23.1 Å². The molecule has 1 aromatic carbocycles. The zero-order chi connectivity index (χ0) is 21.8. The number of halogens is 3. The van der Waals surface area contributed by atoms with Crippen LogP contribution in [0.3, 0.4) is 0 Å². The van der Waals surface area contributed by atoms with Gasteiger partial charge in [-0.3, -0.25) is 15.0 Å². The molecule has 1 aliphatic carbocycles. The number of amides is 1. The van der Waals surface area contributed by atoms with E-state index in [1.54, 1.807) is 5.01 Å². The number of rotatable bonds is 6. The van der Waals surface area contributed by atoms with Crippen LogP contribution in [0.1, 0.15) is 36.9 Å². The van der Waals surface area contributed by atoms with E-state index in [9.17, 15) is 18.7 Å². The molecule has 5 unspecified atom stereocenters. The lowest BCUT2D eigenvalue weighted by atomic mass is 9.94. The summed E-state index contributed by atoms with van der Waals surface area (Å²) in [6, 6.07) is 2.59. The lowest BCUT2D eigenvalue weighted by molar-refractivity contribution is -0.134. The van der Waals surface area contributed by atoms with E-state index in [2.05, 4.69) is 16.1 Å². The van der Waals surface area contributed by atoms with Gasteiger partial charge in [-0.2, -0.15) is 0 Å². The molecular weight excluding hydrogens is 399 g/mol. The third-order valence-electron chi connectivity index (χ3n) is 6.21. The number of nitrogens with zero attached hydrogens (tertiary/aromatic N) is 2. The smallest absolute Gasteiger partial charge is 0.270 e. The second-order valence-electron chi connectivity index (χ2n) is 8.74. The van der Waals surface area contributed by atoms with Gasteiger partial charge in [0, 0.05) is 18.1 Å². The molecular formula is C20H28F3N5O2. The second-order valence-corrected chi connectivity index (χ2v) is 8.74. The standard InChI is InChI=1S/C20H28F3N5O2/c1-20(22,23)11-6-7-12(13(21)8-11)16(10-4-5-10)28-17-15(14(9-29)26-28)18(30)25-19(24-17)27(2)3/h6-8,10,14-17,19,24,26,29H,4-5,9H2,1-3H3,(H,25,30). The highest BCUT2D eigenvalue weighted by molar-refractivity contribution is 5.81. The summed E-state index contributed by atoms with van der Waals surface area (Å²) in [6.45, 7) is 0.477.